The van der Waals surface area contributed by atoms with Crippen LogP contribution in [0.5, 0.6) is 11.5 Å². The Balaban J connectivity index is 1.74. The molecule has 0 amide bonds. The topological polar surface area (TPSA) is 45.5 Å². The molecule has 1 atom stereocenters. The minimum Gasteiger partial charge on any atom is -0.493 e. The van der Waals surface area contributed by atoms with Crippen molar-refractivity contribution in [1.29, 1.82) is 0 Å². The number of aromatic nitrogens is 2. The van der Waals surface area contributed by atoms with Gasteiger partial charge in [-0.15, -0.1) is 0 Å². The Kier molecular flexibility index (Phi) is 4.63. The van der Waals surface area contributed by atoms with E-state index < -0.39 is 0 Å². The first-order chi connectivity index (χ1) is 12.7. The summed E-state index contributed by atoms with van der Waals surface area (Å²) in [5.41, 5.74) is 4.04. The highest BCUT2D eigenvalue weighted by molar-refractivity contribution is 5.66. The molecule has 0 saturated carbocycles. The van der Waals surface area contributed by atoms with Crippen molar-refractivity contribution in [2.75, 3.05) is 20.3 Å². The van der Waals surface area contributed by atoms with E-state index in [9.17, 15) is 0 Å². The fraction of sp³-hybridized carbons (Fsp3) is 0.286. The average molecular weight is 350 g/mol. The highest BCUT2D eigenvalue weighted by Gasteiger charge is 2.20. The lowest BCUT2D eigenvalue weighted by atomic mass is 10.1. The van der Waals surface area contributed by atoms with Gasteiger partial charge in [0.15, 0.2) is 11.5 Å². The number of rotatable bonds is 5. The van der Waals surface area contributed by atoms with Crippen molar-refractivity contribution in [3.8, 4) is 28.4 Å². The first kappa shape index (κ1) is 16.7. The van der Waals surface area contributed by atoms with Crippen LogP contribution in [-0.2, 0) is 4.74 Å². The van der Waals surface area contributed by atoms with Crippen molar-refractivity contribution >= 4 is 0 Å². The highest BCUT2D eigenvalue weighted by atomic mass is 16.6. The molecule has 2 aromatic carbocycles. The van der Waals surface area contributed by atoms with Gasteiger partial charge in [0.05, 0.1) is 37.4 Å². The number of methoxy groups -OCH3 is 1. The van der Waals surface area contributed by atoms with Gasteiger partial charge in [-0.05, 0) is 43.3 Å². The number of aryl methyl sites for hydroxylation is 1. The van der Waals surface area contributed by atoms with Crippen molar-refractivity contribution < 1.29 is 14.2 Å². The van der Waals surface area contributed by atoms with E-state index in [1.54, 1.807) is 7.11 Å². The molecule has 2 heterocycles. The van der Waals surface area contributed by atoms with E-state index in [1.807, 2.05) is 60.1 Å². The Hall–Kier alpha value is -2.79. The molecule has 4 rings (SSSR count). The first-order valence-electron chi connectivity index (χ1n) is 8.79. The lowest BCUT2D eigenvalue weighted by Crippen LogP contribution is -2.16. The van der Waals surface area contributed by atoms with Crippen LogP contribution in [0.2, 0.25) is 0 Å². The number of ether oxygens (including phenoxy) is 3. The van der Waals surface area contributed by atoms with Crippen molar-refractivity contribution in [3.05, 3.63) is 60.3 Å². The zero-order valence-electron chi connectivity index (χ0n) is 15.0. The largest absolute Gasteiger partial charge is 0.493 e. The molecule has 0 aliphatic carbocycles. The predicted molar refractivity (Wildman–Crippen MR) is 100 cm³/mol. The van der Waals surface area contributed by atoms with Crippen LogP contribution in [0.4, 0.5) is 0 Å². The zero-order chi connectivity index (χ0) is 17.9. The van der Waals surface area contributed by atoms with Gasteiger partial charge in [0.25, 0.3) is 0 Å². The zero-order valence-corrected chi connectivity index (χ0v) is 15.0. The molecule has 134 valence electrons. The second-order valence-corrected chi connectivity index (χ2v) is 6.39. The summed E-state index contributed by atoms with van der Waals surface area (Å²) >= 11 is 0. The summed E-state index contributed by atoms with van der Waals surface area (Å²) < 4.78 is 19.0. The van der Waals surface area contributed by atoms with Crippen LogP contribution in [0.3, 0.4) is 0 Å². The van der Waals surface area contributed by atoms with Gasteiger partial charge in [-0.3, -0.25) is 0 Å². The van der Waals surface area contributed by atoms with Crippen LogP contribution in [0.1, 0.15) is 12.1 Å². The Morgan fingerprint density at radius 3 is 2.65 bits per heavy atom. The van der Waals surface area contributed by atoms with E-state index in [-0.39, 0.29) is 6.10 Å². The Bertz CT molecular complexity index is 884. The van der Waals surface area contributed by atoms with Gasteiger partial charge in [0.1, 0.15) is 6.10 Å². The summed E-state index contributed by atoms with van der Waals surface area (Å²) in [6.45, 7) is 3.36. The van der Waals surface area contributed by atoms with Crippen LogP contribution >= 0.6 is 0 Å². The second kappa shape index (κ2) is 7.22. The SMILES string of the molecule is COc1ccc(-c2cc(C)nn2-c2ccccc2)cc1OC1CCOC1. The minimum absolute atomic E-state index is 0.0694. The molecule has 0 bridgehead atoms. The molecule has 1 saturated heterocycles. The fourth-order valence-corrected chi connectivity index (χ4v) is 3.18. The molecule has 1 aliphatic rings. The third-order valence-corrected chi connectivity index (χ3v) is 4.47. The third-order valence-electron chi connectivity index (χ3n) is 4.47. The van der Waals surface area contributed by atoms with Gasteiger partial charge in [-0.2, -0.15) is 5.10 Å². The molecule has 3 aromatic rings. The second-order valence-electron chi connectivity index (χ2n) is 6.39. The summed E-state index contributed by atoms with van der Waals surface area (Å²) in [5, 5.41) is 4.66. The van der Waals surface area contributed by atoms with Crippen LogP contribution in [0.25, 0.3) is 16.9 Å². The van der Waals surface area contributed by atoms with Crippen LogP contribution in [0, 0.1) is 6.92 Å². The molecule has 26 heavy (non-hydrogen) atoms. The molecular weight excluding hydrogens is 328 g/mol. The summed E-state index contributed by atoms with van der Waals surface area (Å²) in [6, 6.07) is 18.2. The van der Waals surface area contributed by atoms with Gasteiger partial charge >= 0.3 is 0 Å². The fourth-order valence-electron chi connectivity index (χ4n) is 3.18. The first-order valence-corrected chi connectivity index (χ1v) is 8.79. The van der Waals surface area contributed by atoms with E-state index in [2.05, 4.69) is 11.2 Å². The normalized spacial score (nSPS) is 16.6. The van der Waals surface area contributed by atoms with Gasteiger partial charge in [-0.25, -0.2) is 4.68 Å². The van der Waals surface area contributed by atoms with E-state index in [1.165, 1.54) is 0 Å². The molecule has 0 N–H and O–H groups in total. The van der Waals surface area contributed by atoms with E-state index in [0.717, 1.165) is 47.2 Å². The number of para-hydroxylation sites is 1. The molecule has 1 fully saturated rings. The smallest absolute Gasteiger partial charge is 0.162 e. The van der Waals surface area contributed by atoms with Gasteiger partial charge < -0.3 is 14.2 Å². The lowest BCUT2D eigenvalue weighted by molar-refractivity contribution is 0.138. The molecule has 5 nitrogen and oxygen atoms in total. The Morgan fingerprint density at radius 1 is 1.08 bits per heavy atom. The number of hydrogen-bond donors (Lipinski definition) is 0. The summed E-state index contributed by atoms with van der Waals surface area (Å²) in [4.78, 5) is 0. The summed E-state index contributed by atoms with van der Waals surface area (Å²) in [5.74, 6) is 1.46. The predicted octanol–water partition coefficient (Wildman–Crippen LogP) is 4.02. The molecule has 0 radical (unpaired) electrons. The number of hydrogen-bond acceptors (Lipinski definition) is 4. The van der Waals surface area contributed by atoms with Gasteiger partial charge in [-0.1, -0.05) is 18.2 Å². The van der Waals surface area contributed by atoms with Crippen molar-refractivity contribution in [3.63, 3.8) is 0 Å². The standard InChI is InChI=1S/C21H22N2O3/c1-15-12-19(23(22-15)17-6-4-3-5-7-17)16-8-9-20(24-2)21(13-16)26-18-10-11-25-14-18/h3-9,12-13,18H,10-11,14H2,1-2H3. The van der Waals surface area contributed by atoms with Crippen LogP contribution < -0.4 is 9.47 Å². The maximum absolute atomic E-state index is 6.13. The highest BCUT2D eigenvalue weighted by Crippen LogP contribution is 2.35. The Labute approximate surface area is 153 Å². The summed E-state index contributed by atoms with van der Waals surface area (Å²) in [7, 11) is 1.66. The van der Waals surface area contributed by atoms with Gasteiger partial charge in [0.2, 0.25) is 0 Å². The van der Waals surface area contributed by atoms with Crippen LogP contribution in [0.15, 0.2) is 54.6 Å². The minimum atomic E-state index is 0.0694. The van der Waals surface area contributed by atoms with Crippen LogP contribution in [-0.4, -0.2) is 36.2 Å². The molecular formula is C21H22N2O3. The molecule has 5 heteroatoms. The lowest BCUT2D eigenvalue weighted by Gasteiger charge is -2.16. The monoisotopic (exact) mass is 350 g/mol. The van der Waals surface area contributed by atoms with E-state index in [4.69, 9.17) is 14.2 Å². The summed E-state index contributed by atoms with van der Waals surface area (Å²) in [6.07, 6.45) is 0.967. The molecule has 1 unspecified atom stereocenters. The Morgan fingerprint density at radius 2 is 1.92 bits per heavy atom. The van der Waals surface area contributed by atoms with E-state index >= 15 is 0 Å². The van der Waals surface area contributed by atoms with Crippen molar-refractivity contribution in [2.45, 2.75) is 19.4 Å². The quantitative estimate of drug-likeness (QED) is 0.697. The molecule has 0 spiro atoms. The maximum Gasteiger partial charge on any atom is 0.162 e. The number of nitrogens with zero attached hydrogens (tertiary/aromatic N) is 2. The van der Waals surface area contributed by atoms with Crippen molar-refractivity contribution in [2.24, 2.45) is 0 Å². The molecule has 1 aromatic heterocycles. The molecule has 1 aliphatic heterocycles. The maximum atomic E-state index is 6.13. The van der Waals surface area contributed by atoms with E-state index in [0.29, 0.717) is 6.61 Å². The van der Waals surface area contributed by atoms with Crippen molar-refractivity contribution in [1.82, 2.24) is 9.78 Å². The third kappa shape index (κ3) is 3.30. The van der Waals surface area contributed by atoms with Gasteiger partial charge in [0, 0.05) is 12.0 Å². The average Bonchev–Trinajstić information content (AvgIpc) is 3.32. The number of benzene rings is 2.